The van der Waals surface area contributed by atoms with Gasteiger partial charge in [0, 0.05) is 27.6 Å². The molecule has 0 atom stereocenters. The number of fused-ring (bicyclic) bond motifs is 8. The lowest BCUT2D eigenvalue weighted by atomic mass is 10.0. The lowest BCUT2D eigenvalue weighted by Gasteiger charge is -2.09. The van der Waals surface area contributed by atoms with Gasteiger partial charge in [-0.3, -0.25) is 9.59 Å². The first-order valence-electron chi connectivity index (χ1n) is 16.1. The normalized spacial score (nSPS) is 11.8. The molecule has 7 nitrogen and oxygen atoms in total. The lowest BCUT2D eigenvalue weighted by Crippen LogP contribution is -2.21. The summed E-state index contributed by atoms with van der Waals surface area (Å²) in [5, 5.41) is 2.73. The second kappa shape index (κ2) is 10.3. The van der Waals surface area contributed by atoms with E-state index in [-0.39, 0.29) is 5.52 Å². The van der Waals surface area contributed by atoms with Gasteiger partial charge >= 0.3 is 5.56 Å². The van der Waals surface area contributed by atoms with Crippen molar-refractivity contribution in [1.29, 1.82) is 0 Å². The Morgan fingerprint density at radius 1 is 0.408 bits per heavy atom. The van der Waals surface area contributed by atoms with E-state index in [2.05, 4.69) is 71.3 Å². The van der Waals surface area contributed by atoms with Crippen molar-refractivity contribution in [3.8, 4) is 39.3 Å². The fourth-order valence-electron chi connectivity index (χ4n) is 7.19. The van der Waals surface area contributed by atoms with E-state index in [9.17, 15) is 9.59 Å². The van der Waals surface area contributed by atoms with E-state index in [4.69, 9.17) is 9.97 Å². The quantitative estimate of drug-likeness (QED) is 0.196. The summed E-state index contributed by atoms with van der Waals surface area (Å²) >= 11 is 0. The minimum Gasteiger partial charge on any atom is -0.309 e. The Labute approximate surface area is 278 Å². The third-order valence-corrected chi connectivity index (χ3v) is 9.44. The maximum Gasteiger partial charge on any atom is 0.302 e. The third kappa shape index (κ3) is 3.96. The van der Waals surface area contributed by atoms with Gasteiger partial charge in [0.2, 0.25) is 0 Å². The molecule has 0 amide bonds. The van der Waals surface area contributed by atoms with Gasteiger partial charge in [0.25, 0.3) is 5.56 Å². The topological polar surface area (TPSA) is 73.7 Å². The Hall–Kier alpha value is -6.86. The first-order chi connectivity index (χ1) is 24.2. The summed E-state index contributed by atoms with van der Waals surface area (Å²) in [5.74, 6) is 0. The highest BCUT2D eigenvalue weighted by Crippen LogP contribution is 2.36. The van der Waals surface area contributed by atoms with Crippen LogP contribution in [0.25, 0.3) is 83.2 Å². The van der Waals surface area contributed by atoms with Crippen LogP contribution >= 0.6 is 0 Å². The average Bonchev–Trinajstić information content (AvgIpc) is 3.76. The maximum atomic E-state index is 13.9. The van der Waals surface area contributed by atoms with Crippen LogP contribution in [0.2, 0.25) is 0 Å². The van der Waals surface area contributed by atoms with Crippen molar-refractivity contribution in [2.45, 2.75) is 0 Å². The highest BCUT2D eigenvalue weighted by molar-refractivity contribution is 6.10. The average molecular weight is 632 g/mol. The molecule has 7 heteroatoms. The Bertz CT molecular complexity index is 3020. The van der Waals surface area contributed by atoms with Gasteiger partial charge in [-0.25, -0.2) is 14.5 Å². The van der Waals surface area contributed by atoms with Crippen LogP contribution < -0.4 is 11.1 Å². The van der Waals surface area contributed by atoms with Crippen molar-refractivity contribution in [2.24, 2.45) is 0 Å². The number of hydrogen-bond donors (Lipinski definition) is 0. The Morgan fingerprint density at radius 2 is 1.00 bits per heavy atom. The number of nitrogens with zero attached hydrogens (tertiary/aromatic N) is 5. The van der Waals surface area contributed by atoms with Crippen LogP contribution in [0.1, 0.15) is 0 Å². The summed E-state index contributed by atoms with van der Waals surface area (Å²) in [4.78, 5) is 37.6. The van der Waals surface area contributed by atoms with Crippen LogP contribution in [0.3, 0.4) is 0 Å². The van der Waals surface area contributed by atoms with Gasteiger partial charge in [-0.15, -0.1) is 0 Å². The van der Waals surface area contributed by atoms with Gasteiger partial charge in [-0.1, -0.05) is 109 Å². The molecular formula is C42H25N5O2. The molecule has 10 aromatic rings. The molecule has 4 aromatic heterocycles. The molecule has 0 aliphatic carbocycles. The fourth-order valence-corrected chi connectivity index (χ4v) is 7.19. The molecule has 0 aliphatic rings. The van der Waals surface area contributed by atoms with E-state index in [1.807, 2.05) is 78.9 Å². The zero-order chi connectivity index (χ0) is 32.6. The first-order valence-corrected chi connectivity index (χ1v) is 16.1. The Balaban J connectivity index is 1.22. The Kier molecular flexibility index (Phi) is 5.74. The van der Waals surface area contributed by atoms with E-state index in [1.54, 1.807) is 10.6 Å². The number of para-hydroxylation sites is 2. The van der Waals surface area contributed by atoms with Crippen LogP contribution in [0.4, 0.5) is 0 Å². The molecule has 6 aromatic carbocycles. The molecule has 10 rings (SSSR count). The minimum atomic E-state index is -0.489. The smallest absolute Gasteiger partial charge is 0.302 e. The summed E-state index contributed by atoms with van der Waals surface area (Å²) < 4.78 is 5.08. The molecule has 230 valence electrons. The Morgan fingerprint density at radius 3 is 1.73 bits per heavy atom. The van der Waals surface area contributed by atoms with Gasteiger partial charge in [0.05, 0.1) is 33.3 Å². The SMILES string of the molecule is O=c1c2ccc(-c3ccc4c(c3)c3ccccc3n4-c3ccccc3)cc2n2c3nc(-c4ccccc4)c(-c4ccccc4)nc3c(=O)n12. The summed E-state index contributed by atoms with van der Waals surface area (Å²) in [6.45, 7) is 0. The van der Waals surface area contributed by atoms with Crippen LogP contribution in [0.5, 0.6) is 0 Å². The number of hydrogen-bond acceptors (Lipinski definition) is 4. The number of rotatable bonds is 4. The maximum absolute atomic E-state index is 13.9. The molecule has 0 N–H and O–H groups in total. The molecule has 49 heavy (non-hydrogen) atoms. The van der Waals surface area contributed by atoms with E-state index in [1.165, 1.54) is 4.52 Å². The van der Waals surface area contributed by atoms with E-state index in [0.29, 0.717) is 27.9 Å². The first kappa shape index (κ1) is 27.3. The standard InChI is InChI=1S/C42H25N5O2/c48-41-32-22-20-29(28-21-23-35-33(24-28)31-18-10-11-19-34(31)45(35)30-16-8-3-9-17-30)25-36(32)46-40-39(42(49)47(41)46)43-37(26-12-4-1-5-13-26)38(44-40)27-14-6-2-7-15-27/h1-25H. The monoisotopic (exact) mass is 631 g/mol. The molecule has 0 aliphatic heterocycles. The highest BCUT2D eigenvalue weighted by Gasteiger charge is 2.23. The molecule has 0 spiro atoms. The largest absolute Gasteiger partial charge is 0.309 e. The van der Waals surface area contributed by atoms with Crippen molar-refractivity contribution in [3.63, 3.8) is 0 Å². The zero-order valence-corrected chi connectivity index (χ0v) is 26.0. The van der Waals surface area contributed by atoms with Crippen molar-refractivity contribution in [3.05, 3.63) is 172 Å². The van der Waals surface area contributed by atoms with Crippen molar-refractivity contribution in [1.82, 2.24) is 23.6 Å². The van der Waals surface area contributed by atoms with Gasteiger partial charge in [0.15, 0.2) is 11.2 Å². The second-order valence-electron chi connectivity index (χ2n) is 12.2. The molecular weight excluding hydrogens is 606 g/mol. The van der Waals surface area contributed by atoms with Crippen LogP contribution in [0.15, 0.2) is 161 Å². The molecule has 0 saturated heterocycles. The van der Waals surface area contributed by atoms with E-state index < -0.39 is 11.1 Å². The fraction of sp³-hybridized carbons (Fsp3) is 0. The van der Waals surface area contributed by atoms with Crippen molar-refractivity contribution >= 4 is 43.9 Å². The van der Waals surface area contributed by atoms with Gasteiger partial charge in [-0.2, -0.15) is 4.52 Å². The minimum absolute atomic E-state index is 0.151. The van der Waals surface area contributed by atoms with Crippen LogP contribution in [-0.4, -0.2) is 23.6 Å². The summed E-state index contributed by atoms with van der Waals surface area (Å²) in [6, 6.07) is 50.5. The van der Waals surface area contributed by atoms with E-state index >= 15 is 0 Å². The molecule has 0 bridgehead atoms. The second-order valence-corrected chi connectivity index (χ2v) is 12.2. The zero-order valence-electron chi connectivity index (χ0n) is 26.0. The predicted octanol–water partition coefficient (Wildman–Crippen LogP) is 8.39. The summed E-state index contributed by atoms with van der Waals surface area (Å²) in [7, 11) is 0. The van der Waals surface area contributed by atoms with E-state index in [0.717, 1.165) is 49.7 Å². The van der Waals surface area contributed by atoms with Crippen LogP contribution in [0, 0.1) is 0 Å². The highest BCUT2D eigenvalue weighted by atomic mass is 16.2. The molecule has 0 fully saturated rings. The van der Waals surface area contributed by atoms with Gasteiger partial charge in [0.1, 0.15) is 0 Å². The van der Waals surface area contributed by atoms with Crippen LogP contribution in [-0.2, 0) is 0 Å². The molecule has 0 saturated carbocycles. The summed E-state index contributed by atoms with van der Waals surface area (Å²) in [6.07, 6.45) is 0. The van der Waals surface area contributed by atoms with Crippen molar-refractivity contribution < 1.29 is 0 Å². The molecule has 0 unspecified atom stereocenters. The third-order valence-electron chi connectivity index (χ3n) is 9.44. The predicted molar refractivity (Wildman–Crippen MR) is 196 cm³/mol. The van der Waals surface area contributed by atoms with Gasteiger partial charge in [-0.05, 0) is 53.6 Å². The van der Waals surface area contributed by atoms with Crippen molar-refractivity contribution in [2.75, 3.05) is 0 Å². The van der Waals surface area contributed by atoms with Gasteiger partial charge < -0.3 is 4.57 Å². The lowest BCUT2D eigenvalue weighted by molar-refractivity contribution is 0.835. The molecule has 4 heterocycles. The summed E-state index contributed by atoms with van der Waals surface area (Å²) in [5.41, 5.74) is 8.39. The number of aromatic nitrogens is 5. The number of benzene rings is 6. The molecule has 0 radical (unpaired) electrons.